The number of nitrogens with one attached hydrogen (secondary N) is 1. The predicted molar refractivity (Wildman–Crippen MR) is 89.2 cm³/mol. The minimum absolute atomic E-state index is 0.130. The molecule has 1 heterocycles. The number of benzene rings is 1. The molecule has 20 heavy (non-hydrogen) atoms. The van der Waals surface area contributed by atoms with Crippen LogP contribution in [0.25, 0.3) is 0 Å². The van der Waals surface area contributed by atoms with E-state index >= 15 is 0 Å². The number of nitrogens with two attached hydrogens (primary N) is 1. The number of aromatic nitrogens is 1. The molecule has 0 fully saturated rings. The van der Waals surface area contributed by atoms with Gasteiger partial charge in [0.05, 0.1) is 11.7 Å². The molecule has 3 nitrogen and oxygen atoms in total. The van der Waals surface area contributed by atoms with E-state index in [0.29, 0.717) is 0 Å². The molecule has 2 rings (SSSR count). The van der Waals surface area contributed by atoms with Crippen molar-refractivity contribution >= 4 is 31.9 Å². The first kappa shape index (κ1) is 15.6. The van der Waals surface area contributed by atoms with Crippen molar-refractivity contribution in [2.45, 2.75) is 25.8 Å². The van der Waals surface area contributed by atoms with Crippen LogP contribution in [-0.4, -0.2) is 4.98 Å². The zero-order chi connectivity index (χ0) is 14.5. The maximum atomic E-state index is 5.75. The maximum Gasteiger partial charge on any atom is 0.0893 e. The van der Waals surface area contributed by atoms with E-state index in [2.05, 4.69) is 73.5 Å². The van der Waals surface area contributed by atoms with E-state index in [9.17, 15) is 0 Å². The number of aryl methyl sites for hydroxylation is 1. The summed E-state index contributed by atoms with van der Waals surface area (Å²) in [6, 6.07) is 10.3. The first-order chi connectivity index (χ1) is 9.65. The van der Waals surface area contributed by atoms with Crippen molar-refractivity contribution in [3.63, 3.8) is 0 Å². The Labute approximate surface area is 136 Å². The van der Waals surface area contributed by atoms with Crippen molar-refractivity contribution in [1.82, 2.24) is 10.4 Å². The van der Waals surface area contributed by atoms with Gasteiger partial charge in [0.25, 0.3) is 0 Å². The van der Waals surface area contributed by atoms with E-state index in [1.54, 1.807) is 6.20 Å². The molecule has 2 aromatic rings. The van der Waals surface area contributed by atoms with Gasteiger partial charge < -0.3 is 0 Å². The Balaban J connectivity index is 2.38. The van der Waals surface area contributed by atoms with Gasteiger partial charge >= 0.3 is 0 Å². The lowest BCUT2D eigenvalue weighted by Crippen LogP contribution is -2.29. The van der Waals surface area contributed by atoms with Crippen LogP contribution in [0, 0.1) is 0 Å². The lowest BCUT2D eigenvalue weighted by Gasteiger charge is -2.18. The Morgan fingerprint density at radius 1 is 1.30 bits per heavy atom. The highest BCUT2D eigenvalue weighted by molar-refractivity contribution is 9.11. The summed E-state index contributed by atoms with van der Waals surface area (Å²) in [5.74, 6) is 5.75. The smallest absolute Gasteiger partial charge is 0.0893 e. The third-order valence-corrected chi connectivity index (χ3v) is 4.17. The van der Waals surface area contributed by atoms with Gasteiger partial charge in [-0.15, -0.1) is 0 Å². The number of nitrogens with zero attached hydrogens (tertiary/aromatic N) is 1. The molecule has 1 aromatic carbocycles. The van der Waals surface area contributed by atoms with Crippen LogP contribution in [0.1, 0.15) is 36.2 Å². The van der Waals surface area contributed by atoms with Gasteiger partial charge in [-0.05, 0) is 55.5 Å². The lowest BCUT2D eigenvalue weighted by atomic mass is 9.99. The summed E-state index contributed by atoms with van der Waals surface area (Å²) in [6.45, 7) is 2.18. The molecule has 0 amide bonds. The Bertz CT molecular complexity index is 587. The van der Waals surface area contributed by atoms with Gasteiger partial charge in [0.1, 0.15) is 0 Å². The van der Waals surface area contributed by atoms with Gasteiger partial charge in [0.15, 0.2) is 0 Å². The Kier molecular flexibility index (Phi) is 5.72. The van der Waals surface area contributed by atoms with Crippen molar-refractivity contribution in [2.75, 3.05) is 0 Å². The summed E-state index contributed by atoms with van der Waals surface area (Å²) in [7, 11) is 0. The predicted octanol–water partition coefficient (Wildman–Crippen LogP) is 4.11. The summed E-state index contributed by atoms with van der Waals surface area (Å²) >= 11 is 6.96. The van der Waals surface area contributed by atoms with Crippen LogP contribution in [0.3, 0.4) is 0 Å². The second kappa shape index (κ2) is 7.31. The van der Waals surface area contributed by atoms with Crippen LogP contribution in [0.15, 0.2) is 45.5 Å². The van der Waals surface area contributed by atoms with E-state index in [-0.39, 0.29) is 6.04 Å². The topological polar surface area (TPSA) is 50.9 Å². The van der Waals surface area contributed by atoms with Crippen molar-refractivity contribution in [3.05, 3.63) is 62.3 Å². The number of hydrazine groups is 1. The molecule has 1 unspecified atom stereocenters. The number of hydrogen-bond acceptors (Lipinski definition) is 3. The van der Waals surface area contributed by atoms with Crippen molar-refractivity contribution < 1.29 is 0 Å². The minimum Gasteiger partial charge on any atom is -0.271 e. The maximum absolute atomic E-state index is 5.75. The fourth-order valence-electron chi connectivity index (χ4n) is 2.19. The van der Waals surface area contributed by atoms with Gasteiger partial charge in [-0.2, -0.15) is 0 Å². The van der Waals surface area contributed by atoms with Gasteiger partial charge in [-0.25, -0.2) is 5.43 Å². The summed E-state index contributed by atoms with van der Waals surface area (Å²) in [5, 5.41) is 0. The molecule has 0 saturated heterocycles. The summed E-state index contributed by atoms with van der Waals surface area (Å²) in [6.07, 6.45) is 3.98. The molecule has 1 aromatic heterocycles. The van der Waals surface area contributed by atoms with E-state index < -0.39 is 0 Å². The van der Waals surface area contributed by atoms with E-state index in [4.69, 9.17) is 5.84 Å². The van der Waals surface area contributed by atoms with Crippen LogP contribution in [0.4, 0.5) is 0 Å². The molecule has 5 heteroatoms. The third-order valence-electron chi connectivity index (χ3n) is 3.10. The number of hydrogen-bond donors (Lipinski definition) is 2. The fourth-order valence-corrected chi connectivity index (χ4v) is 3.40. The molecule has 0 radical (unpaired) electrons. The minimum atomic E-state index is -0.130. The van der Waals surface area contributed by atoms with Gasteiger partial charge in [0.2, 0.25) is 0 Å². The Morgan fingerprint density at radius 2 is 2.10 bits per heavy atom. The second-order valence-corrected chi connectivity index (χ2v) is 6.39. The molecular weight excluding hydrogens is 382 g/mol. The molecule has 0 saturated carbocycles. The first-order valence-electron chi connectivity index (χ1n) is 6.51. The second-order valence-electron chi connectivity index (χ2n) is 4.62. The SMILES string of the molecule is CCCc1cccc(C(NN)c2ncc(Br)cc2Br)c1. The summed E-state index contributed by atoms with van der Waals surface area (Å²) in [5.41, 5.74) is 6.17. The molecule has 106 valence electrons. The standard InChI is InChI=1S/C15H17Br2N3/c1-2-4-10-5-3-6-11(7-10)14(20-18)15-13(17)8-12(16)9-19-15/h3,5-9,14,20H,2,4,18H2,1H3. The first-order valence-corrected chi connectivity index (χ1v) is 8.10. The van der Waals surface area contributed by atoms with Crippen LogP contribution in [-0.2, 0) is 6.42 Å². The summed E-state index contributed by atoms with van der Waals surface area (Å²) in [4.78, 5) is 4.46. The number of pyridine rings is 1. The zero-order valence-electron chi connectivity index (χ0n) is 11.2. The molecule has 0 aliphatic heterocycles. The molecule has 0 aliphatic rings. The van der Waals surface area contributed by atoms with E-state index in [1.165, 1.54) is 5.56 Å². The highest BCUT2D eigenvalue weighted by atomic mass is 79.9. The third kappa shape index (κ3) is 3.67. The Morgan fingerprint density at radius 3 is 2.75 bits per heavy atom. The van der Waals surface area contributed by atoms with Crippen molar-refractivity contribution in [1.29, 1.82) is 0 Å². The number of rotatable bonds is 5. The highest BCUT2D eigenvalue weighted by Crippen LogP contribution is 2.28. The monoisotopic (exact) mass is 397 g/mol. The van der Waals surface area contributed by atoms with Gasteiger partial charge in [0, 0.05) is 15.1 Å². The van der Waals surface area contributed by atoms with Crippen LogP contribution < -0.4 is 11.3 Å². The summed E-state index contributed by atoms with van der Waals surface area (Å²) < 4.78 is 1.86. The largest absolute Gasteiger partial charge is 0.271 e. The average Bonchev–Trinajstić information content (AvgIpc) is 2.43. The fraction of sp³-hybridized carbons (Fsp3) is 0.267. The van der Waals surface area contributed by atoms with Crippen molar-refractivity contribution in [2.24, 2.45) is 5.84 Å². The van der Waals surface area contributed by atoms with Crippen LogP contribution in [0.5, 0.6) is 0 Å². The van der Waals surface area contributed by atoms with Crippen molar-refractivity contribution in [3.8, 4) is 0 Å². The molecule has 0 bridgehead atoms. The molecule has 0 aliphatic carbocycles. The molecule has 1 atom stereocenters. The van der Waals surface area contributed by atoms with Crippen LogP contribution in [0.2, 0.25) is 0 Å². The Hall–Kier alpha value is -0.750. The normalized spacial score (nSPS) is 12.4. The van der Waals surface area contributed by atoms with Gasteiger partial charge in [-0.3, -0.25) is 10.8 Å². The molecule has 3 N–H and O–H groups in total. The van der Waals surface area contributed by atoms with Crippen LogP contribution >= 0.6 is 31.9 Å². The lowest BCUT2D eigenvalue weighted by molar-refractivity contribution is 0.617. The molecular formula is C15H17Br2N3. The zero-order valence-corrected chi connectivity index (χ0v) is 14.4. The van der Waals surface area contributed by atoms with E-state index in [0.717, 1.165) is 33.0 Å². The molecule has 0 spiro atoms. The average molecular weight is 399 g/mol. The van der Waals surface area contributed by atoms with Gasteiger partial charge in [-0.1, -0.05) is 37.6 Å². The highest BCUT2D eigenvalue weighted by Gasteiger charge is 2.17. The number of halogens is 2. The quantitative estimate of drug-likeness (QED) is 0.588. The van der Waals surface area contributed by atoms with E-state index in [1.807, 2.05) is 6.07 Å².